The van der Waals surface area contributed by atoms with Crippen LogP contribution >= 0.6 is 0 Å². The van der Waals surface area contributed by atoms with Crippen molar-refractivity contribution < 1.29 is 28.9 Å². The summed E-state index contributed by atoms with van der Waals surface area (Å²) in [7, 11) is 0. The highest BCUT2D eigenvalue weighted by molar-refractivity contribution is 5.92. The third kappa shape index (κ3) is 3.03. The highest BCUT2D eigenvalue weighted by Gasteiger charge is 2.22. The van der Waals surface area contributed by atoms with E-state index in [-0.39, 0.29) is 17.8 Å². The van der Waals surface area contributed by atoms with Crippen molar-refractivity contribution in [3.8, 4) is 11.3 Å². The highest BCUT2D eigenvalue weighted by atomic mass is 19.2. The van der Waals surface area contributed by atoms with Gasteiger partial charge in [0.15, 0.2) is 17.3 Å². The molecule has 2 rings (SSSR count). The third-order valence-corrected chi connectivity index (χ3v) is 2.73. The minimum Gasteiger partial charge on any atom is -0.476 e. The lowest BCUT2D eigenvalue weighted by Crippen LogP contribution is -2.21. The lowest BCUT2D eigenvalue weighted by molar-refractivity contribution is 0.0690. The second kappa shape index (κ2) is 5.94. The summed E-state index contributed by atoms with van der Waals surface area (Å²) in [5.74, 6) is -3.64. The van der Waals surface area contributed by atoms with Gasteiger partial charge in [0.2, 0.25) is 0 Å². The number of benzene rings is 1. The Bertz CT molecular complexity index is 675. The lowest BCUT2D eigenvalue weighted by atomic mass is 10.1. The SMILES string of the molecule is O=C(O)c1nnn(CC(O)CO)c1-c1ccc(F)c(F)c1. The fraction of sp³-hybridized carbons (Fsp3) is 0.250. The number of aromatic nitrogens is 3. The zero-order chi connectivity index (χ0) is 15.6. The average Bonchev–Trinajstić information content (AvgIpc) is 2.85. The average molecular weight is 299 g/mol. The van der Waals surface area contributed by atoms with Gasteiger partial charge in [0.05, 0.1) is 19.3 Å². The molecule has 21 heavy (non-hydrogen) atoms. The Balaban J connectivity index is 2.55. The summed E-state index contributed by atoms with van der Waals surface area (Å²) in [6, 6.07) is 2.82. The predicted molar refractivity (Wildman–Crippen MR) is 65.4 cm³/mol. The van der Waals surface area contributed by atoms with Gasteiger partial charge in [0.25, 0.3) is 0 Å². The topological polar surface area (TPSA) is 108 Å². The molecule has 1 aromatic carbocycles. The molecule has 1 aromatic heterocycles. The molecule has 1 atom stereocenters. The molecule has 1 heterocycles. The Labute approximate surface area is 117 Å². The van der Waals surface area contributed by atoms with Crippen molar-refractivity contribution in [3.63, 3.8) is 0 Å². The summed E-state index contributed by atoms with van der Waals surface area (Å²) in [5.41, 5.74) is -0.513. The van der Waals surface area contributed by atoms with E-state index < -0.39 is 36.0 Å². The van der Waals surface area contributed by atoms with Gasteiger partial charge in [0.1, 0.15) is 5.69 Å². The summed E-state index contributed by atoms with van der Waals surface area (Å²) >= 11 is 0. The van der Waals surface area contributed by atoms with Gasteiger partial charge in [-0.25, -0.2) is 18.3 Å². The fourth-order valence-electron chi connectivity index (χ4n) is 1.77. The number of aliphatic hydroxyl groups is 2. The molecular weight excluding hydrogens is 288 g/mol. The van der Waals surface area contributed by atoms with E-state index >= 15 is 0 Å². The van der Waals surface area contributed by atoms with Crippen molar-refractivity contribution in [2.45, 2.75) is 12.6 Å². The third-order valence-electron chi connectivity index (χ3n) is 2.73. The fourth-order valence-corrected chi connectivity index (χ4v) is 1.77. The largest absolute Gasteiger partial charge is 0.476 e. The van der Waals surface area contributed by atoms with E-state index in [0.29, 0.717) is 0 Å². The number of carbonyl (C=O) groups is 1. The van der Waals surface area contributed by atoms with E-state index in [2.05, 4.69) is 10.3 Å². The van der Waals surface area contributed by atoms with Crippen molar-refractivity contribution >= 4 is 5.97 Å². The molecule has 2 aromatic rings. The molecule has 0 bridgehead atoms. The maximum Gasteiger partial charge on any atom is 0.358 e. The molecule has 0 saturated carbocycles. The number of hydrogen-bond acceptors (Lipinski definition) is 5. The van der Waals surface area contributed by atoms with Gasteiger partial charge in [-0.3, -0.25) is 0 Å². The molecule has 0 fully saturated rings. The molecule has 0 aliphatic heterocycles. The van der Waals surface area contributed by atoms with Crippen molar-refractivity contribution in [3.05, 3.63) is 35.5 Å². The van der Waals surface area contributed by atoms with Crippen LogP contribution in [0, 0.1) is 11.6 Å². The number of nitrogens with zero attached hydrogens (tertiary/aromatic N) is 3. The van der Waals surface area contributed by atoms with Crippen LogP contribution in [-0.2, 0) is 6.54 Å². The molecule has 0 radical (unpaired) electrons. The zero-order valence-corrected chi connectivity index (χ0v) is 10.6. The first-order chi connectivity index (χ1) is 9.93. The summed E-state index contributed by atoms with van der Waals surface area (Å²) in [6.07, 6.45) is -1.20. The summed E-state index contributed by atoms with van der Waals surface area (Å²) < 4.78 is 27.3. The van der Waals surface area contributed by atoms with Crippen molar-refractivity contribution in [2.24, 2.45) is 0 Å². The Hall–Kier alpha value is -2.39. The molecular formula is C12H11F2N3O4. The quantitative estimate of drug-likeness (QED) is 0.731. The van der Waals surface area contributed by atoms with E-state index in [1.165, 1.54) is 6.07 Å². The van der Waals surface area contributed by atoms with Crippen molar-refractivity contribution in [2.75, 3.05) is 6.61 Å². The first-order valence-electron chi connectivity index (χ1n) is 5.85. The Kier molecular flexibility index (Phi) is 4.24. The van der Waals surface area contributed by atoms with E-state index in [1.807, 2.05) is 0 Å². The minimum absolute atomic E-state index is 0.0430. The molecule has 112 valence electrons. The maximum absolute atomic E-state index is 13.3. The van der Waals surface area contributed by atoms with E-state index in [0.717, 1.165) is 16.8 Å². The van der Waals surface area contributed by atoms with Crippen LogP contribution in [0.15, 0.2) is 18.2 Å². The standard InChI is InChI=1S/C12H11F2N3O4/c13-8-2-1-6(3-9(8)14)11-10(12(20)21)15-16-17(11)4-7(19)5-18/h1-3,7,18-19H,4-5H2,(H,20,21). The maximum atomic E-state index is 13.3. The summed E-state index contributed by atoms with van der Waals surface area (Å²) in [4.78, 5) is 11.1. The smallest absolute Gasteiger partial charge is 0.358 e. The monoisotopic (exact) mass is 299 g/mol. The predicted octanol–water partition coefficient (Wildman–Crippen LogP) is 0.275. The molecule has 1 unspecified atom stereocenters. The van der Waals surface area contributed by atoms with Crippen molar-refractivity contribution in [1.29, 1.82) is 0 Å². The number of aliphatic hydroxyl groups excluding tert-OH is 2. The van der Waals surface area contributed by atoms with Crippen LogP contribution in [0.2, 0.25) is 0 Å². The van der Waals surface area contributed by atoms with Crippen LogP contribution in [0.1, 0.15) is 10.5 Å². The molecule has 0 aliphatic carbocycles. The second-order valence-electron chi connectivity index (χ2n) is 4.24. The van der Waals surface area contributed by atoms with Crippen LogP contribution < -0.4 is 0 Å². The molecule has 0 amide bonds. The van der Waals surface area contributed by atoms with Gasteiger partial charge in [0, 0.05) is 5.56 Å². The zero-order valence-electron chi connectivity index (χ0n) is 10.6. The second-order valence-corrected chi connectivity index (χ2v) is 4.24. The number of rotatable bonds is 5. The Morgan fingerprint density at radius 2 is 2.05 bits per heavy atom. The van der Waals surface area contributed by atoms with Gasteiger partial charge in [-0.1, -0.05) is 5.21 Å². The number of carboxylic acid groups (broad SMARTS) is 1. The number of carboxylic acids is 1. The van der Waals surface area contributed by atoms with Crippen LogP contribution in [-0.4, -0.2) is 49.0 Å². The van der Waals surface area contributed by atoms with Gasteiger partial charge < -0.3 is 15.3 Å². The summed E-state index contributed by atoms with van der Waals surface area (Å²) in [6.45, 7) is -0.815. The Morgan fingerprint density at radius 1 is 1.33 bits per heavy atom. The van der Waals surface area contributed by atoms with Crippen LogP contribution in [0.25, 0.3) is 11.3 Å². The van der Waals surface area contributed by atoms with Gasteiger partial charge >= 0.3 is 5.97 Å². The van der Waals surface area contributed by atoms with Crippen LogP contribution in [0.5, 0.6) is 0 Å². The van der Waals surface area contributed by atoms with Gasteiger partial charge in [-0.05, 0) is 18.2 Å². The van der Waals surface area contributed by atoms with Gasteiger partial charge in [-0.15, -0.1) is 5.10 Å². The highest BCUT2D eigenvalue weighted by Crippen LogP contribution is 2.24. The molecule has 9 heteroatoms. The number of hydrogen-bond donors (Lipinski definition) is 3. The molecule has 7 nitrogen and oxygen atoms in total. The van der Waals surface area contributed by atoms with Crippen molar-refractivity contribution in [1.82, 2.24) is 15.0 Å². The molecule has 0 spiro atoms. The first-order valence-corrected chi connectivity index (χ1v) is 5.85. The minimum atomic E-state index is -1.40. The van der Waals surface area contributed by atoms with Crippen LogP contribution in [0.4, 0.5) is 8.78 Å². The molecule has 0 saturated heterocycles. The first kappa shape index (κ1) is 15.0. The van der Waals surface area contributed by atoms with Crippen LogP contribution in [0.3, 0.4) is 0 Å². The van der Waals surface area contributed by atoms with Gasteiger partial charge in [-0.2, -0.15) is 0 Å². The van der Waals surface area contributed by atoms with E-state index in [9.17, 15) is 18.7 Å². The van der Waals surface area contributed by atoms with E-state index in [4.69, 9.17) is 10.2 Å². The molecule has 3 N–H and O–H groups in total. The normalized spacial score (nSPS) is 12.4. The Morgan fingerprint density at radius 3 is 2.62 bits per heavy atom. The number of aromatic carboxylic acids is 1. The molecule has 0 aliphatic rings. The number of halogens is 2. The summed E-state index contributed by atoms with van der Waals surface area (Å²) in [5, 5.41) is 34.3. The van der Waals surface area contributed by atoms with E-state index in [1.54, 1.807) is 0 Å². The lowest BCUT2D eigenvalue weighted by Gasteiger charge is -2.10.